The summed E-state index contributed by atoms with van der Waals surface area (Å²) >= 11 is 0. The highest BCUT2D eigenvalue weighted by Crippen LogP contribution is 2.36. The molecule has 0 aliphatic rings. The molecular formula is C15H13N5O4. The second kappa shape index (κ2) is 5.61. The molecule has 0 saturated heterocycles. The number of aromatic nitrogens is 3. The number of nitro groups is 1. The first-order valence-corrected chi connectivity index (χ1v) is 7.07. The number of nitrogens with zero attached hydrogens (tertiary/aromatic N) is 4. The zero-order chi connectivity index (χ0) is 17.4. The van der Waals surface area contributed by atoms with E-state index in [2.05, 4.69) is 9.97 Å². The van der Waals surface area contributed by atoms with Gasteiger partial charge in [0.2, 0.25) is 5.95 Å². The van der Waals surface area contributed by atoms with Crippen molar-refractivity contribution in [3.05, 3.63) is 50.9 Å². The molecule has 2 heterocycles. The average molecular weight is 327 g/mol. The molecule has 3 aromatic rings. The van der Waals surface area contributed by atoms with E-state index in [4.69, 9.17) is 5.73 Å². The number of benzene rings is 1. The summed E-state index contributed by atoms with van der Waals surface area (Å²) in [4.78, 5) is 30.7. The van der Waals surface area contributed by atoms with Crippen LogP contribution in [0.3, 0.4) is 0 Å². The van der Waals surface area contributed by atoms with Gasteiger partial charge in [0.1, 0.15) is 17.5 Å². The first-order valence-electron chi connectivity index (χ1n) is 7.07. The van der Waals surface area contributed by atoms with Crippen molar-refractivity contribution in [2.45, 2.75) is 13.5 Å². The van der Waals surface area contributed by atoms with Gasteiger partial charge in [-0.15, -0.1) is 0 Å². The van der Waals surface area contributed by atoms with Crippen LogP contribution in [0.1, 0.15) is 6.92 Å². The third-order valence-corrected chi connectivity index (χ3v) is 3.68. The Hall–Kier alpha value is -3.49. The molecule has 0 aliphatic heterocycles. The molecule has 0 unspecified atom stereocenters. The quantitative estimate of drug-likeness (QED) is 0.551. The van der Waals surface area contributed by atoms with Gasteiger partial charge in [-0.3, -0.25) is 14.9 Å². The van der Waals surface area contributed by atoms with Gasteiger partial charge in [-0.25, -0.2) is 9.97 Å². The van der Waals surface area contributed by atoms with Gasteiger partial charge in [0, 0.05) is 11.9 Å². The molecule has 3 N–H and O–H groups in total. The Bertz CT molecular complexity index is 1030. The van der Waals surface area contributed by atoms with Crippen LogP contribution in [-0.4, -0.2) is 24.6 Å². The van der Waals surface area contributed by atoms with Crippen LogP contribution in [0.5, 0.6) is 5.75 Å². The molecule has 0 fully saturated rings. The van der Waals surface area contributed by atoms with Crippen molar-refractivity contribution < 1.29 is 10.0 Å². The summed E-state index contributed by atoms with van der Waals surface area (Å²) in [5.41, 5.74) is 4.37. The van der Waals surface area contributed by atoms with Gasteiger partial charge in [-0.2, -0.15) is 0 Å². The number of hydrogen-bond acceptors (Lipinski definition) is 7. The van der Waals surface area contributed by atoms with Gasteiger partial charge in [-0.1, -0.05) is 12.1 Å². The summed E-state index contributed by atoms with van der Waals surface area (Å²) in [7, 11) is 0. The van der Waals surface area contributed by atoms with E-state index >= 15 is 0 Å². The first-order chi connectivity index (χ1) is 11.5. The van der Waals surface area contributed by atoms with Crippen LogP contribution in [0.2, 0.25) is 0 Å². The van der Waals surface area contributed by atoms with Gasteiger partial charge in [0.15, 0.2) is 5.69 Å². The van der Waals surface area contributed by atoms with Crippen LogP contribution < -0.4 is 11.3 Å². The summed E-state index contributed by atoms with van der Waals surface area (Å²) in [5, 5.41) is 22.2. The fraction of sp³-hybridized carbons (Fsp3) is 0.133. The Labute approximate surface area is 135 Å². The van der Waals surface area contributed by atoms with Crippen molar-refractivity contribution in [2.75, 3.05) is 5.73 Å². The SMILES string of the molecule is CCn1c(=O)c(-c2nc(N)ncc2[N+](=O)[O-])c(O)c2ccccc21. The molecule has 0 spiro atoms. The predicted octanol–water partition coefficient (Wildman–Crippen LogP) is 1.67. The summed E-state index contributed by atoms with van der Waals surface area (Å²) in [6, 6.07) is 6.74. The topological polar surface area (TPSA) is 137 Å². The van der Waals surface area contributed by atoms with E-state index in [1.807, 2.05) is 0 Å². The molecule has 0 aliphatic carbocycles. The van der Waals surface area contributed by atoms with E-state index in [0.29, 0.717) is 17.4 Å². The predicted molar refractivity (Wildman–Crippen MR) is 87.6 cm³/mol. The number of rotatable bonds is 3. The highest BCUT2D eigenvalue weighted by atomic mass is 16.6. The molecule has 0 atom stereocenters. The molecule has 0 bridgehead atoms. The van der Waals surface area contributed by atoms with Crippen molar-refractivity contribution in [2.24, 2.45) is 0 Å². The number of aromatic hydroxyl groups is 1. The Morgan fingerprint density at radius 1 is 1.38 bits per heavy atom. The molecule has 9 heteroatoms. The van der Waals surface area contributed by atoms with Crippen LogP contribution in [-0.2, 0) is 6.54 Å². The van der Waals surface area contributed by atoms with Gasteiger partial charge < -0.3 is 15.4 Å². The minimum atomic E-state index is -0.723. The number of pyridine rings is 1. The average Bonchev–Trinajstić information content (AvgIpc) is 2.55. The Morgan fingerprint density at radius 3 is 2.75 bits per heavy atom. The lowest BCUT2D eigenvalue weighted by atomic mass is 10.1. The zero-order valence-electron chi connectivity index (χ0n) is 12.6. The number of nitrogens with two attached hydrogens (primary N) is 1. The fourth-order valence-corrected chi connectivity index (χ4v) is 2.62. The highest BCUT2D eigenvalue weighted by molar-refractivity contribution is 5.92. The minimum Gasteiger partial charge on any atom is -0.506 e. The van der Waals surface area contributed by atoms with Crippen molar-refractivity contribution in [1.29, 1.82) is 0 Å². The Morgan fingerprint density at radius 2 is 2.08 bits per heavy atom. The number of nitrogen functional groups attached to an aromatic ring is 1. The maximum Gasteiger partial charge on any atom is 0.314 e. The minimum absolute atomic E-state index is 0.231. The third-order valence-electron chi connectivity index (χ3n) is 3.68. The smallest absolute Gasteiger partial charge is 0.314 e. The van der Waals surface area contributed by atoms with Crippen LogP contribution in [0.25, 0.3) is 22.2 Å². The number of para-hydroxylation sites is 1. The van der Waals surface area contributed by atoms with Gasteiger partial charge in [0.05, 0.1) is 10.4 Å². The second-order valence-corrected chi connectivity index (χ2v) is 5.01. The van der Waals surface area contributed by atoms with E-state index < -0.39 is 16.2 Å². The maximum atomic E-state index is 12.8. The molecule has 24 heavy (non-hydrogen) atoms. The summed E-state index contributed by atoms with van der Waals surface area (Å²) < 4.78 is 1.41. The number of hydrogen-bond donors (Lipinski definition) is 2. The lowest BCUT2D eigenvalue weighted by Crippen LogP contribution is -2.22. The van der Waals surface area contributed by atoms with Gasteiger partial charge in [0.25, 0.3) is 5.56 Å². The number of aryl methyl sites for hydroxylation is 1. The Kier molecular flexibility index (Phi) is 3.60. The van der Waals surface area contributed by atoms with E-state index in [1.54, 1.807) is 31.2 Å². The first kappa shape index (κ1) is 15.4. The molecule has 1 aromatic carbocycles. The van der Waals surface area contributed by atoms with Gasteiger partial charge >= 0.3 is 5.69 Å². The van der Waals surface area contributed by atoms with Crippen LogP contribution >= 0.6 is 0 Å². The molecular weight excluding hydrogens is 314 g/mol. The number of fused-ring (bicyclic) bond motifs is 1. The van der Waals surface area contributed by atoms with Crippen molar-refractivity contribution in [1.82, 2.24) is 14.5 Å². The molecule has 9 nitrogen and oxygen atoms in total. The fourth-order valence-electron chi connectivity index (χ4n) is 2.62. The van der Waals surface area contributed by atoms with Crippen LogP contribution in [0, 0.1) is 10.1 Å². The number of anilines is 1. The van der Waals surface area contributed by atoms with Gasteiger partial charge in [-0.05, 0) is 19.1 Å². The third kappa shape index (κ3) is 2.22. The van der Waals surface area contributed by atoms with E-state index in [-0.39, 0.29) is 23.0 Å². The van der Waals surface area contributed by atoms with E-state index in [9.17, 15) is 20.0 Å². The van der Waals surface area contributed by atoms with Crippen molar-refractivity contribution in [3.63, 3.8) is 0 Å². The Balaban J connectivity index is 2.51. The standard InChI is InChI=1S/C15H13N5O4/c1-2-19-9-6-4-3-5-8(9)13(21)11(14(19)22)12-10(20(23)24)7-17-15(16)18-12/h3-7,21H,2H2,1H3,(H2,16,17,18). The molecule has 0 radical (unpaired) electrons. The van der Waals surface area contributed by atoms with Crippen LogP contribution in [0.15, 0.2) is 35.3 Å². The highest BCUT2D eigenvalue weighted by Gasteiger charge is 2.26. The lowest BCUT2D eigenvalue weighted by molar-refractivity contribution is -0.384. The maximum absolute atomic E-state index is 12.8. The normalized spacial score (nSPS) is 10.9. The van der Waals surface area contributed by atoms with Crippen LogP contribution in [0.4, 0.5) is 11.6 Å². The van der Waals surface area contributed by atoms with E-state index in [1.165, 1.54) is 4.57 Å². The van der Waals surface area contributed by atoms with E-state index in [0.717, 1.165) is 6.20 Å². The van der Waals surface area contributed by atoms with Crippen molar-refractivity contribution >= 4 is 22.5 Å². The molecule has 122 valence electrons. The second-order valence-electron chi connectivity index (χ2n) is 5.01. The summed E-state index contributed by atoms with van der Waals surface area (Å²) in [5.74, 6) is -0.605. The monoisotopic (exact) mass is 327 g/mol. The van der Waals surface area contributed by atoms with Crippen molar-refractivity contribution in [3.8, 4) is 17.0 Å². The summed E-state index contributed by atoms with van der Waals surface area (Å²) in [6.45, 7) is 2.08. The molecule has 3 rings (SSSR count). The largest absolute Gasteiger partial charge is 0.506 e. The summed E-state index contributed by atoms with van der Waals surface area (Å²) in [6.07, 6.45) is 0.919. The molecule has 0 saturated carbocycles. The molecule has 0 amide bonds. The molecule has 2 aromatic heterocycles. The zero-order valence-corrected chi connectivity index (χ0v) is 12.6. The lowest BCUT2D eigenvalue weighted by Gasteiger charge is -2.13.